The Bertz CT molecular complexity index is 1340. The van der Waals surface area contributed by atoms with E-state index in [9.17, 15) is 9.90 Å². The number of morpholine rings is 1. The van der Waals surface area contributed by atoms with Crippen LogP contribution in [-0.2, 0) is 16.0 Å². The van der Waals surface area contributed by atoms with Gasteiger partial charge in [-0.25, -0.2) is 9.97 Å². The van der Waals surface area contributed by atoms with Crippen molar-refractivity contribution in [1.82, 2.24) is 24.8 Å². The first-order valence-corrected chi connectivity index (χ1v) is 12.6. The van der Waals surface area contributed by atoms with Gasteiger partial charge in [-0.2, -0.15) is 0 Å². The second-order valence-corrected chi connectivity index (χ2v) is 9.21. The predicted molar refractivity (Wildman–Crippen MR) is 152 cm³/mol. The first kappa shape index (κ1) is 29.2. The van der Waals surface area contributed by atoms with Gasteiger partial charge in [0.1, 0.15) is 12.1 Å². The van der Waals surface area contributed by atoms with E-state index >= 15 is 0 Å². The average molecular weight is 542 g/mol. The molecule has 0 radical (unpaired) electrons. The second-order valence-electron chi connectivity index (χ2n) is 9.21. The van der Waals surface area contributed by atoms with Crippen LogP contribution < -0.4 is 4.74 Å². The maximum Gasteiger partial charge on any atom is 0.209 e. The number of ether oxygens (including phenoxy) is 2. The van der Waals surface area contributed by atoms with Crippen LogP contribution >= 0.6 is 12.4 Å². The van der Waals surface area contributed by atoms with Crippen LogP contribution in [-0.4, -0.2) is 89.8 Å². The van der Waals surface area contributed by atoms with E-state index in [1.165, 1.54) is 10.5 Å². The Balaban J connectivity index is 0.000000612. The van der Waals surface area contributed by atoms with Crippen molar-refractivity contribution in [2.75, 3.05) is 53.6 Å². The largest absolute Gasteiger partial charge is 0.494 e. The number of nitrogens with one attached hydrogen (secondary N) is 1. The summed E-state index contributed by atoms with van der Waals surface area (Å²) in [7, 11) is 3.38. The number of amides is 1. The summed E-state index contributed by atoms with van der Waals surface area (Å²) in [6.45, 7) is 7.42. The minimum absolute atomic E-state index is 0. The van der Waals surface area contributed by atoms with Crippen LogP contribution in [0.1, 0.15) is 18.9 Å². The molecule has 2 aromatic carbocycles. The summed E-state index contributed by atoms with van der Waals surface area (Å²) in [5.74, 6) is 0.913. The van der Waals surface area contributed by atoms with Crippen LogP contribution in [0.5, 0.6) is 11.6 Å². The normalized spacial score (nSPS) is 13.4. The highest BCUT2D eigenvalue weighted by molar-refractivity contribution is 6.05. The van der Waals surface area contributed by atoms with Gasteiger partial charge in [-0.15, -0.1) is 12.4 Å². The monoisotopic (exact) mass is 541 g/mol. The number of nitrogens with zero attached hydrogens (tertiary/aromatic N) is 4. The highest BCUT2D eigenvalue weighted by Gasteiger charge is 2.18. The molecule has 38 heavy (non-hydrogen) atoms. The number of H-pyrrole nitrogens is 1. The summed E-state index contributed by atoms with van der Waals surface area (Å²) in [6, 6.07) is 12.1. The first-order valence-electron chi connectivity index (χ1n) is 12.6. The number of hydrogen-bond acceptors (Lipinski definition) is 7. The van der Waals surface area contributed by atoms with Gasteiger partial charge in [-0.05, 0) is 36.6 Å². The summed E-state index contributed by atoms with van der Waals surface area (Å²) in [5, 5.41) is 12.5. The fraction of sp³-hybridized carbons (Fsp3) is 0.393. The summed E-state index contributed by atoms with van der Waals surface area (Å²) in [4.78, 5) is 25.3. The number of carbonyl (C=O) groups is 1. The molecule has 0 saturated carbocycles. The lowest BCUT2D eigenvalue weighted by Gasteiger charge is -2.26. The van der Waals surface area contributed by atoms with Crippen molar-refractivity contribution in [2.45, 2.75) is 19.8 Å². The van der Waals surface area contributed by atoms with E-state index in [1.54, 1.807) is 20.4 Å². The van der Waals surface area contributed by atoms with Gasteiger partial charge in [-0.3, -0.25) is 9.69 Å². The Kier molecular flexibility index (Phi) is 10.7. The van der Waals surface area contributed by atoms with Crippen molar-refractivity contribution < 1.29 is 19.4 Å². The lowest BCUT2D eigenvalue weighted by Crippen LogP contribution is -2.37. The minimum Gasteiger partial charge on any atom is -0.494 e. The van der Waals surface area contributed by atoms with Gasteiger partial charge in [0.15, 0.2) is 5.88 Å². The maximum atomic E-state index is 10.7. The summed E-state index contributed by atoms with van der Waals surface area (Å²) in [6.07, 6.45) is 4.20. The quantitative estimate of drug-likeness (QED) is 0.253. The van der Waals surface area contributed by atoms with Crippen molar-refractivity contribution in [3.05, 3.63) is 48.3 Å². The molecule has 204 valence electrons. The molecule has 10 heteroatoms. The van der Waals surface area contributed by atoms with Crippen molar-refractivity contribution in [3.63, 3.8) is 0 Å². The number of halogens is 1. The van der Waals surface area contributed by atoms with E-state index in [-0.39, 0.29) is 18.3 Å². The lowest BCUT2D eigenvalue weighted by atomic mass is 10.0. The Morgan fingerprint density at radius 1 is 1.13 bits per heavy atom. The highest BCUT2D eigenvalue weighted by atomic mass is 35.5. The molecule has 1 aliphatic heterocycles. The van der Waals surface area contributed by atoms with Crippen LogP contribution in [0.2, 0.25) is 0 Å². The van der Waals surface area contributed by atoms with Crippen LogP contribution in [0.15, 0.2) is 42.7 Å². The third kappa shape index (κ3) is 7.12. The number of rotatable bonds is 8. The fourth-order valence-corrected chi connectivity index (χ4v) is 4.32. The van der Waals surface area contributed by atoms with Gasteiger partial charge in [0.05, 0.1) is 36.6 Å². The molecule has 1 aliphatic rings. The smallest absolute Gasteiger partial charge is 0.209 e. The SMILES string of the molecule is CCc1ccc2c(-c3ncnc4cc(OCCCN5CCOCC5)ccc34)c(O)[nH]c2c1.CN(C)C=O.Cl. The zero-order valence-electron chi connectivity index (χ0n) is 22.1. The number of hydrogen-bond donors (Lipinski definition) is 2. The molecule has 4 aromatic rings. The Morgan fingerprint density at radius 3 is 2.58 bits per heavy atom. The van der Waals surface area contributed by atoms with Crippen LogP contribution in [0.4, 0.5) is 0 Å². The molecule has 3 heterocycles. The van der Waals surface area contributed by atoms with Gasteiger partial charge in [0.2, 0.25) is 6.41 Å². The molecule has 0 unspecified atom stereocenters. The summed E-state index contributed by atoms with van der Waals surface area (Å²) >= 11 is 0. The van der Waals surface area contributed by atoms with Gasteiger partial charge in [-0.1, -0.05) is 19.1 Å². The Morgan fingerprint density at radius 2 is 1.87 bits per heavy atom. The van der Waals surface area contributed by atoms with E-state index in [0.717, 1.165) is 79.7 Å². The number of benzene rings is 2. The van der Waals surface area contributed by atoms with Gasteiger partial charge >= 0.3 is 0 Å². The van der Waals surface area contributed by atoms with Crippen LogP contribution in [0.25, 0.3) is 33.1 Å². The number of carbonyl (C=O) groups excluding carboxylic acids is 1. The van der Waals surface area contributed by atoms with Crippen molar-refractivity contribution >= 4 is 40.6 Å². The standard InChI is InChI=1S/C25H28N4O3.C3H7NO.ClH/c1-2-17-4-6-19-22(14-17)28-25(30)23(19)24-20-7-5-18(15-21(20)26-16-27-24)32-11-3-8-29-9-12-31-13-10-29;1-4(2)3-5;/h4-7,14-16,28,30H,2-3,8-13H2,1H3;3H,1-2H3;1H. The van der Waals surface area contributed by atoms with Gasteiger partial charge < -0.3 is 24.5 Å². The van der Waals surface area contributed by atoms with Crippen LogP contribution in [0, 0.1) is 0 Å². The molecular formula is C28H36ClN5O4. The molecule has 9 nitrogen and oxygen atoms in total. The number of aromatic nitrogens is 3. The molecule has 2 N–H and O–H groups in total. The summed E-state index contributed by atoms with van der Waals surface area (Å²) in [5.41, 5.74) is 4.33. The third-order valence-electron chi connectivity index (χ3n) is 6.30. The van der Waals surface area contributed by atoms with Crippen LogP contribution in [0.3, 0.4) is 0 Å². The lowest BCUT2D eigenvalue weighted by molar-refractivity contribution is -0.115. The molecule has 0 spiro atoms. The van der Waals surface area contributed by atoms with E-state index in [4.69, 9.17) is 9.47 Å². The molecule has 1 saturated heterocycles. The Hall–Kier alpha value is -3.40. The highest BCUT2D eigenvalue weighted by Crippen LogP contribution is 2.39. The van der Waals surface area contributed by atoms with Gasteiger partial charge in [0.25, 0.3) is 0 Å². The summed E-state index contributed by atoms with van der Waals surface area (Å²) < 4.78 is 11.4. The van der Waals surface area contributed by atoms with E-state index < -0.39 is 0 Å². The molecule has 1 fully saturated rings. The zero-order chi connectivity index (χ0) is 26.2. The molecular weight excluding hydrogens is 506 g/mol. The third-order valence-corrected chi connectivity index (χ3v) is 6.30. The molecule has 0 atom stereocenters. The number of fused-ring (bicyclic) bond motifs is 2. The fourth-order valence-electron chi connectivity index (χ4n) is 4.32. The van der Waals surface area contributed by atoms with E-state index in [1.807, 2.05) is 24.3 Å². The average Bonchev–Trinajstić information content (AvgIpc) is 3.26. The van der Waals surface area contributed by atoms with Gasteiger partial charge in [0, 0.05) is 56.1 Å². The molecule has 0 bridgehead atoms. The topological polar surface area (TPSA) is 104 Å². The first-order chi connectivity index (χ1) is 18.0. The predicted octanol–water partition coefficient (Wildman–Crippen LogP) is 4.27. The zero-order valence-corrected chi connectivity index (χ0v) is 23.0. The number of aromatic amines is 1. The number of aromatic hydroxyl groups is 1. The molecule has 2 aromatic heterocycles. The maximum absolute atomic E-state index is 10.7. The molecule has 5 rings (SSSR count). The Labute approximate surface area is 229 Å². The van der Waals surface area contributed by atoms with Crippen molar-refractivity contribution in [2.24, 2.45) is 0 Å². The van der Waals surface area contributed by atoms with E-state index in [0.29, 0.717) is 17.9 Å². The molecule has 0 aliphatic carbocycles. The molecule has 1 amide bonds. The van der Waals surface area contributed by atoms with Crippen molar-refractivity contribution in [3.8, 4) is 22.9 Å². The second kappa shape index (κ2) is 13.9. The van der Waals surface area contributed by atoms with Crippen molar-refractivity contribution in [1.29, 1.82) is 0 Å². The van der Waals surface area contributed by atoms with E-state index in [2.05, 4.69) is 38.9 Å². The minimum atomic E-state index is 0. The number of aryl methyl sites for hydroxylation is 1.